The fourth-order valence-corrected chi connectivity index (χ4v) is 5.07. The van der Waals surface area contributed by atoms with Crippen molar-refractivity contribution < 1.29 is 31.5 Å². The number of rotatable bonds is 6. The lowest BCUT2D eigenvalue weighted by molar-refractivity contribution is -0.0124. The van der Waals surface area contributed by atoms with Gasteiger partial charge in [-0.25, -0.2) is 26.7 Å². The lowest BCUT2D eigenvalue weighted by Crippen LogP contribution is -2.59. The summed E-state index contributed by atoms with van der Waals surface area (Å²) in [6.45, 7) is 0.577. The van der Waals surface area contributed by atoms with Crippen molar-refractivity contribution in [3.8, 4) is 0 Å². The zero-order chi connectivity index (χ0) is 22.6. The van der Waals surface area contributed by atoms with Crippen LogP contribution in [-0.2, 0) is 19.5 Å². The van der Waals surface area contributed by atoms with Crippen molar-refractivity contribution in [2.75, 3.05) is 26.5 Å². The standard InChI is InChI=1S/C21H28F2N2O5S/c1-29-21(26)25-12-4-7-18(24-31(2,27)28)19(25)13-30-15-10-8-14(9-11-15)20-16(22)5-3-6-17(20)23/h3,5-6,8,15,18-19,24H,4,7,9-13H2,1-2H3. The number of hydrogen-bond acceptors (Lipinski definition) is 5. The van der Waals surface area contributed by atoms with Gasteiger partial charge < -0.3 is 14.4 Å². The maximum absolute atomic E-state index is 14.0. The van der Waals surface area contributed by atoms with Gasteiger partial charge >= 0.3 is 6.09 Å². The Bertz CT molecular complexity index is 917. The van der Waals surface area contributed by atoms with E-state index < -0.39 is 39.8 Å². The van der Waals surface area contributed by atoms with Gasteiger partial charge in [-0.3, -0.25) is 0 Å². The summed E-state index contributed by atoms with van der Waals surface area (Å²) in [4.78, 5) is 13.7. The van der Waals surface area contributed by atoms with Crippen molar-refractivity contribution >= 4 is 21.7 Å². The first-order valence-corrected chi connectivity index (χ1v) is 12.2. The number of hydrogen-bond donors (Lipinski definition) is 1. The maximum atomic E-state index is 14.0. The molecule has 0 bridgehead atoms. The minimum atomic E-state index is -3.47. The van der Waals surface area contributed by atoms with Crippen molar-refractivity contribution in [1.29, 1.82) is 0 Å². The number of nitrogens with zero attached hydrogens (tertiary/aromatic N) is 1. The summed E-state index contributed by atoms with van der Waals surface area (Å²) >= 11 is 0. The molecule has 1 heterocycles. The van der Waals surface area contributed by atoms with Crippen LogP contribution in [0.2, 0.25) is 0 Å². The molecule has 10 heteroatoms. The molecular formula is C21H28F2N2O5S. The molecule has 1 aliphatic heterocycles. The van der Waals surface area contributed by atoms with Gasteiger partial charge in [-0.1, -0.05) is 12.1 Å². The van der Waals surface area contributed by atoms with Crippen molar-refractivity contribution in [1.82, 2.24) is 9.62 Å². The Morgan fingerprint density at radius 3 is 2.55 bits per heavy atom. The lowest BCUT2D eigenvalue weighted by Gasteiger charge is -2.40. The third-order valence-corrected chi connectivity index (χ3v) is 6.43. The molecule has 172 valence electrons. The van der Waals surface area contributed by atoms with E-state index in [1.54, 1.807) is 6.08 Å². The Balaban J connectivity index is 1.67. The number of ether oxygens (including phenoxy) is 2. The topological polar surface area (TPSA) is 84.9 Å². The molecule has 3 atom stereocenters. The Morgan fingerprint density at radius 2 is 1.97 bits per heavy atom. The van der Waals surface area contributed by atoms with Gasteiger partial charge in [-0.2, -0.15) is 0 Å². The Labute approximate surface area is 181 Å². The van der Waals surface area contributed by atoms with Gasteiger partial charge in [-0.15, -0.1) is 0 Å². The number of halogens is 2. The van der Waals surface area contributed by atoms with E-state index >= 15 is 0 Å². The fraction of sp³-hybridized carbons (Fsp3) is 0.571. The van der Waals surface area contributed by atoms with Gasteiger partial charge in [0.25, 0.3) is 0 Å². The number of nitrogens with one attached hydrogen (secondary N) is 1. The highest BCUT2D eigenvalue weighted by Gasteiger charge is 2.37. The zero-order valence-corrected chi connectivity index (χ0v) is 18.5. The summed E-state index contributed by atoms with van der Waals surface area (Å²) in [5.41, 5.74) is 0.614. The van der Waals surface area contributed by atoms with E-state index in [9.17, 15) is 22.0 Å². The van der Waals surface area contributed by atoms with E-state index in [0.717, 1.165) is 6.26 Å². The normalized spacial score (nSPS) is 24.6. The first kappa shape index (κ1) is 23.6. The monoisotopic (exact) mass is 458 g/mol. The summed E-state index contributed by atoms with van der Waals surface area (Å²) in [6.07, 6.45) is 4.84. The molecule has 0 spiro atoms. The molecular weight excluding hydrogens is 430 g/mol. The van der Waals surface area contributed by atoms with Crippen LogP contribution in [0.5, 0.6) is 0 Å². The molecule has 3 rings (SSSR count). The third-order valence-electron chi connectivity index (χ3n) is 5.70. The molecule has 1 N–H and O–H groups in total. The van der Waals surface area contributed by atoms with E-state index in [1.807, 2.05) is 0 Å². The summed E-state index contributed by atoms with van der Waals surface area (Å²) in [6, 6.07) is 2.82. The Hall–Kier alpha value is -2.04. The smallest absolute Gasteiger partial charge is 0.409 e. The summed E-state index contributed by atoms with van der Waals surface area (Å²) in [7, 11) is -2.19. The van der Waals surface area contributed by atoms with Crippen molar-refractivity contribution in [2.24, 2.45) is 0 Å². The molecule has 3 unspecified atom stereocenters. The first-order chi connectivity index (χ1) is 14.7. The summed E-state index contributed by atoms with van der Waals surface area (Å²) in [5.74, 6) is -1.17. The van der Waals surface area contributed by atoms with Gasteiger partial charge in [0.2, 0.25) is 10.0 Å². The molecule has 1 amide bonds. The molecule has 2 aliphatic rings. The molecule has 1 aliphatic carbocycles. The average Bonchev–Trinajstić information content (AvgIpc) is 2.72. The third kappa shape index (κ3) is 6.02. The van der Waals surface area contributed by atoms with Crippen LogP contribution in [0.1, 0.15) is 37.7 Å². The Morgan fingerprint density at radius 1 is 1.26 bits per heavy atom. The van der Waals surface area contributed by atoms with Crippen LogP contribution in [0.25, 0.3) is 5.57 Å². The summed E-state index contributed by atoms with van der Waals surface area (Å²) in [5, 5.41) is 0. The number of methoxy groups -OCH3 is 1. The highest BCUT2D eigenvalue weighted by molar-refractivity contribution is 7.88. The van der Waals surface area contributed by atoms with Crippen LogP contribution in [0.4, 0.5) is 13.6 Å². The van der Waals surface area contributed by atoms with Crippen LogP contribution in [0, 0.1) is 11.6 Å². The number of allylic oxidation sites excluding steroid dienone is 1. The number of carbonyl (C=O) groups excluding carboxylic acids is 1. The largest absolute Gasteiger partial charge is 0.453 e. The van der Waals surface area contributed by atoms with Gasteiger partial charge in [0, 0.05) is 18.2 Å². The highest BCUT2D eigenvalue weighted by atomic mass is 32.2. The first-order valence-electron chi connectivity index (χ1n) is 10.3. The van der Waals surface area contributed by atoms with E-state index in [0.29, 0.717) is 44.2 Å². The number of piperidine rings is 1. The number of likely N-dealkylation sites (tertiary alicyclic amines) is 1. The molecule has 0 saturated carbocycles. The van der Waals surface area contributed by atoms with E-state index in [-0.39, 0.29) is 18.3 Å². The molecule has 31 heavy (non-hydrogen) atoms. The fourth-order valence-electron chi connectivity index (χ4n) is 4.25. The molecule has 0 radical (unpaired) electrons. The van der Waals surface area contributed by atoms with Crippen LogP contribution in [0.3, 0.4) is 0 Å². The maximum Gasteiger partial charge on any atom is 0.409 e. The summed E-state index contributed by atoms with van der Waals surface area (Å²) < 4.78 is 65.1. The van der Waals surface area contributed by atoms with Gasteiger partial charge in [0.15, 0.2) is 0 Å². The molecule has 1 fully saturated rings. The zero-order valence-electron chi connectivity index (χ0n) is 17.6. The van der Waals surface area contributed by atoms with Gasteiger partial charge in [0.05, 0.1) is 32.1 Å². The predicted octanol–water partition coefficient (Wildman–Crippen LogP) is 3.07. The number of carbonyl (C=O) groups is 1. The lowest BCUT2D eigenvalue weighted by atomic mass is 9.91. The predicted molar refractivity (Wildman–Crippen MR) is 112 cm³/mol. The van der Waals surface area contributed by atoms with E-state index in [1.165, 1.54) is 30.2 Å². The minimum absolute atomic E-state index is 0.00233. The van der Waals surface area contributed by atoms with Crippen LogP contribution in [-0.4, -0.2) is 64.1 Å². The molecule has 1 saturated heterocycles. The molecule has 1 aromatic carbocycles. The van der Waals surface area contributed by atoms with Crippen molar-refractivity contribution in [3.05, 3.63) is 41.5 Å². The van der Waals surface area contributed by atoms with Crippen LogP contribution >= 0.6 is 0 Å². The van der Waals surface area contributed by atoms with Crippen LogP contribution < -0.4 is 4.72 Å². The van der Waals surface area contributed by atoms with E-state index in [2.05, 4.69) is 4.72 Å². The van der Waals surface area contributed by atoms with Crippen LogP contribution in [0.15, 0.2) is 24.3 Å². The van der Waals surface area contributed by atoms with Gasteiger partial charge in [0.1, 0.15) is 11.6 Å². The van der Waals surface area contributed by atoms with Crippen molar-refractivity contribution in [2.45, 2.75) is 50.3 Å². The van der Waals surface area contributed by atoms with Crippen molar-refractivity contribution in [3.63, 3.8) is 0 Å². The average molecular weight is 459 g/mol. The SMILES string of the molecule is COC(=O)N1CCCC(NS(C)(=O)=O)C1COC1CC=C(c2c(F)cccc2F)CC1. The second-order valence-corrected chi connectivity index (χ2v) is 9.71. The second kappa shape index (κ2) is 10.1. The second-order valence-electron chi connectivity index (χ2n) is 7.93. The molecule has 7 nitrogen and oxygen atoms in total. The number of amides is 1. The van der Waals surface area contributed by atoms with E-state index in [4.69, 9.17) is 9.47 Å². The number of benzene rings is 1. The molecule has 1 aromatic rings. The molecule has 0 aromatic heterocycles. The highest BCUT2D eigenvalue weighted by Crippen LogP contribution is 2.32. The van der Waals surface area contributed by atoms with Gasteiger partial charge in [-0.05, 0) is 49.8 Å². The number of sulfonamides is 1. The minimum Gasteiger partial charge on any atom is -0.453 e. The quantitative estimate of drug-likeness (QED) is 0.708. The Kier molecular flexibility index (Phi) is 7.66.